The van der Waals surface area contributed by atoms with Gasteiger partial charge < -0.3 is 0 Å². The third kappa shape index (κ3) is 1.96. The highest BCUT2D eigenvalue weighted by Crippen LogP contribution is 2.36. The van der Waals surface area contributed by atoms with Crippen molar-refractivity contribution in [1.29, 1.82) is 0 Å². The molecule has 0 N–H and O–H groups in total. The minimum Gasteiger partial charge on any atom is -0.247 e. The molecule has 1 nitrogen and oxygen atoms in total. The smallest absolute Gasteiger partial charge is 0.0744 e. The molecule has 1 aliphatic rings. The maximum absolute atomic E-state index is 5.05. The van der Waals surface area contributed by atoms with E-state index in [1.807, 2.05) is 0 Å². The lowest BCUT2D eigenvalue weighted by Crippen LogP contribution is -2.08. The molecule has 0 saturated heterocycles. The van der Waals surface area contributed by atoms with Gasteiger partial charge in [-0.25, -0.2) is 4.98 Å². The molecule has 0 fully saturated rings. The van der Waals surface area contributed by atoms with Crippen molar-refractivity contribution in [2.75, 3.05) is 0 Å². The first-order valence-corrected chi connectivity index (χ1v) is 8.19. The highest BCUT2D eigenvalue weighted by atomic mass is 14.7. The summed E-state index contributed by atoms with van der Waals surface area (Å²) in [5.74, 6) is 0. The lowest BCUT2D eigenvalue weighted by molar-refractivity contribution is 0.920. The van der Waals surface area contributed by atoms with Gasteiger partial charge >= 0.3 is 0 Å². The van der Waals surface area contributed by atoms with Crippen LogP contribution in [0.3, 0.4) is 0 Å². The van der Waals surface area contributed by atoms with E-state index in [1.165, 1.54) is 44.5 Å². The van der Waals surface area contributed by atoms with Crippen LogP contribution in [0, 0.1) is 13.8 Å². The molecule has 22 heavy (non-hydrogen) atoms. The number of benzene rings is 2. The first-order valence-electron chi connectivity index (χ1n) is 8.19. The fourth-order valence-corrected chi connectivity index (χ4v) is 3.83. The highest BCUT2D eigenvalue weighted by Gasteiger charge is 2.20. The van der Waals surface area contributed by atoms with Crippen LogP contribution in [0.15, 0.2) is 36.4 Å². The van der Waals surface area contributed by atoms with Gasteiger partial charge in [-0.05, 0) is 73.6 Å². The summed E-state index contributed by atoms with van der Waals surface area (Å²) in [6.07, 6.45) is 3.30. The fraction of sp³-hybridized carbons (Fsp3) is 0.286. The Labute approximate surface area is 132 Å². The molecule has 0 bridgehead atoms. The average molecular weight is 287 g/mol. The Hall–Kier alpha value is -2.15. The summed E-state index contributed by atoms with van der Waals surface area (Å²) in [5.41, 5.74) is 10.7. The van der Waals surface area contributed by atoms with Crippen molar-refractivity contribution in [1.82, 2.24) is 4.98 Å². The Morgan fingerprint density at radius 3 is 2.73 bits per heavy atom. The molecule has 0 atom stereocenters. The van der Waals surface area contributed by atoms with Crippen molar-refractivity contribution < 1.29 is 0 Å². The second-order valence-corrected chi connectivity index (χ2v) is 6.44. The Morgan fingerprint density at radius 1 is 1.05 bits per heavy atom. The van der Waals surface area contributed by atoms with Gasteiger partial charge in [-0.2, -0.15) is 0 Å². The van der Waals surface area contributed by atoms with Crippen molar-refractivity contribution in [3.8, 4) is 11.3 Å². The van der Waals surface area contributed by atoms with Crippen LogP contribution in [0.1, 0.15) is 34.7 Å². The summed E-state index contributed by atoms with van der Waals surface area (Å²) < 4.78 is 0. The standard InChI is InChI=1S/C21H21N/c1-4-15-6-5-7-20-18(15)12-16-8-9-17-14(3)10-13(2)11-19(17)21(16)22-20/h5-7,10-12H,4,8-9H2,1-3H3. The summed E-state index contributed by atoms with van der Waals surface area (Å²) in [6.45, 7) is 6.63. The number of nitrogens with zero attached hydrogens (tertiary/aromatic N) is 1. The van der Waals surface area contributed by atoms with Crippen molar-refractivity contribution in [3.05, 3.63) is 64.2 Å². The van der Waals surface area contributed by atoms with Crippen LogP contribution < -0.4 is 0 Å². The first kappa shape index (κ1) is 13.5. The van der Waals surface area contributed by atoms with Crippen LogP contribution in [0.2, 0.25) is 0 Å². The van der Waals surface area contributed by atoms with Crippen molar-refractivity contribution >= 4 is 10.9 Å². The highest BCUT2D eigenvalue weighted by molar-refractivity contribution is 5.87. The predicted molar refractivity (Wildman–Crippen MR) is 93.4 cm³/mol. The first-order chi connectivity index (χ1) is 10.7. The molecular formula is C21H21N. The van der Waals surface area contributed by atoms with Crippen LogP contribution in [0.5, 0.6) is 0 Å². The second kappa shape index (κ2) is 4.95. The minimum atomic E-state index is 1.06. The molecule has 110 valence electrons. The Morgan fingerprint density at radius 2 is 1.91 bits per heavy atom. The summed E-state index contributed by atoms with van der Waals surface area (Å²) in [4.78, 5) is 5.05. The van der Waals surface area contributed by atoms with Crippen molar-refractivity contribution in [2.24, 2.45) is 0 Å². The molecule has 1 heteroatoms. The molecule has 4 rings (SSSR count). The molecule has 1 aromatic heterocycles. The van der Waals surface area contributed by atoms with Gasteiger partial charge in [-0.3, -0.25) is 0 Å². The van der Waals surface area contributed by atoms with Crippen LogP contribution in [-0.2, 0) is 19.3 Å². The average Bonchev–Trinajstić information content (AvgIpc) is 2.52. The zero-order valence-corrected chi connectivity index (χ0v) is 13.5. The minimum absolute atomic E-state index is 1.06. The van der Waals surface area contributed by atoms with E-state index in [0.717, 1.165) is 24.8 Å². The molecule has 0 aliphatic heterocycles. The largest absolute Gasteiger partial charge is 0.247 e. The van der Waals surface area contributed by atoms with Gasteiger partial charge in [0.15, 0.2) is 0 Å². The van der Waals surface area contributed by atoms with E-state index in [1.54, 1.807) is 0 Å². The molecule has 0 spiro atoms. The summed E-state index contributed by atoms with van der Waals surface area (Å²) >= 11 is 0. The lowest BCUT2D eigenvalue weighted by atomic mass is 9.84. The molecule has 3 aromatic rings. The molecule has 2 aromatic carbocycles. The summed E-state index contributed by atoms with van der Waals surface area (Å²) in [7, 11) is 0. The summed E-state index contributed by atoms with van der Waals surface area (Å²) in [5, 5.41) is 1.33. The lowest BCUT2D eigenvalue weighted by Gasteiger charge is -2.22. The van der Waals surface area contributed by atoms with Crippen LogP contribution in [-0.4, -0.2) is 4.98 Å². The third-order valence-electron chi connectivity index (χ3n) is 4.93. The van der Waals surface area contributed by atoms with Gasteiger partial charge in [-0.15, -0.1) is 0 Å². The molecule has 0 saturated carbocycles. The van der Waals surface area contributed by atoms with Crippen molar-refractivity contribution in [2.45, 2.75) is 40.0 Å². The van der Waals surface area contributed by atoms with E-state index in [0.29, 0.717) is 0 Å². The number of aromatic nitrogens is 1. The van der Waals surface area contributed by atoms with Gasteiger partial charge in [0.1, 0.15) is 0 Å². The molecular weight excluding hydrogens is 266 g/mol. The van der Waals surface area contributed by atoms with Crippen molar-refractivity contribution in [3.63, 3.8) is 0 Å². The maximum atomic E-state index is 5.05. The van der Waals surface area contributed by atoms with E-state index >= 15 is 0 Å². The molecule has 1 aliphatic carbocycles. The number of hydrogen-bond acceptors (Lipinski definition) is 1. The van der Waals surface area contributed by atoms with E-state index in [-0.39, 0.29) is 0 Å². The monoisotopic (exact) mass is 287 g/mol. The zero-order valence-electron chi connectivity index (χ0n) is 13.5. The molecule has 0 amide bonds. The normalized spacial score (nSPS) is 13.0. The van der Waals surface area contributed by atoms with E-state index in [9.17, 15) is 0 Å². The van der Waals surface area contributed by atoms with E-state index in [2.05, 4.69) is 57.2 Å². The Kier molecular flexibility index (Phi) is 3.04. The van der Waals surface area contributed by atoms with Gasteiger partial charge in [0, 0.05) is 10.9 Å². The summed E-state index contributed by atoms with van der Waals surface area (Å²) in [6, 6.07) is 13.5. The van der Waals surface area contributed by atoms with Crippen LogP contribution in [0.25, 0.3) is 22.2 Å². The fourth-order valence-electron chi connectivity index (χ4n) is 3.83. The Balaban J connectivity index is 2.03. The quantitative estimate of drug-likeness (QED) is 0.601. The molecule has 1 heterocycles. The van der Waals surface area contributed by atoms with E-state index < -0.39 is 0 Å². The second-order valence-electron chi connectivity index (χ2n) is 6.44. The van der Waals surface area contributed by atoms with Gasteiger partial charge in [0.05, 0.1) is 11.2 Å². The third-order valence-corrected chi connectivity index (χ3v) is 4.93. The number of aryl methyl sites for hydroxylation is 4. The predicted octanol–water partition coefficient (Wildman–Crippen LogP) is 5.18. The number of pyridine rings is 1. The van der Waals surface area contributed by atoms with Crippen LogP contribution in [0.4, 0.5) is 0 Å². The molecule has 0 unspecified atom stereocenters. The maximum Gasteiger partial charge on any atom is 0.0744 e. The number of rotatable bonds is 1. The van der Waals surface area contributed by atoms with E-state index in [4.69, 9.17) is 4.98 Å². The van der Waals surface area contributed by atoms with Crippen LogP contribution >= 0.6 is 0 Å². The van der Waals surface area contributed by atoms with Gasteiger partial charge in [0.2, 0.25) is 0 Å². The topological polar surface area (TPSA) is 12.9 Å². The molecule has 0 radical (unpaired) electrons. The Bertz CT molecular complexity index is 890. The number of hydrogen-bond donors (Lipinski definition) is 0. The number of fused-ring (bicyclic) bond motifs is 4. The SMILES string of the molecule is CCc1cccc2nc3c(cc12)CCc1c(C)cc(C)cc1-3. The van der Waals surface area contributed by atoms with Gasteiger partial charge in [0.25, 0.3) is 0 Å². The van der Waals surface area contributed by atoms with Gasteiger partial charge in [-0.1, -0.05) is 30.7 Å². The zero-order chi connectivity index (χ0) is 15.3.